The molecular formula is C22H26N2O4S. The Balaban J connectivity index is 1.60. The molecule has 1 aliphatic heterocycles. The van der Waals surface area contributed by atoms with Crippen molar-refractivity contribution in [1.82, 2.24) is 0 Å². The van der Waals surface area contributed by atoms with Gasteiger partial charge in [-0.1, -0.05) is 35.4 Å². The van der Waals surface area contributed by atoms with Crippen LogP contribution >= 0.6 is 0 Å². The van der Waals surface area contributed by atoms with Crippen LogP contribution in [0.15, 0.2) is 48.5 Å². The Kier molecular flexibility index (Phi) is 6.37. The van der Waals surface area contributed by atoms with E-state index in [1.54, 1.807) is 0 Å². The molecule has 0 radical (unpaired) electrons. The number of sulfone groups is 1. The molecule has 2 aromatic rings. The molecule has 1 aliphatic rings. The highest BCUT2D eigenvalue weighted by Crippen LogP contribution is 2.31. The van der Waals surface area contributed by atoms with Gasteiger partial charge in [-0.05, 0) is 49.9 Å². The Morgan fingerprint density at radius 2 is 1.10 bits per heavy atom. The van der Waals surface area contributed by atoms with Crippen LogP contribution in [0.3, 0.4) is 0 Å². The minimum absolute atomic E-state index is 0.0587. The van der Waals surface area contributed by atoms with E-state index in [0.29, 0.717) is 11.4 Å². The largest absolute Gasteiger partial charge is 0.326 e. The summed E-state index contributed by atoms with van der Waals surface area (Å²) in [6, 6.07) is 14.8. The van der Waals surface area contributed by atoms with Crippen molar-refractivity contribution in [1.29, 1.82) is 0 Å². The molecule has 0 spiro atoms. The van der Waals surface area contributed by atoms with E-state index in [0.717, 1.165) is 11.1 Å². The average molecular weight is 415 g/mol. The zero-order valence-corrected chi connectivity index (χ0v) is 17.5. The van der Waals surface area contributed by atoms with Gasteiger partial charge in [0.05, 0.1) is 11.5 Å². The summed E-state index contributed by atoms with van der Waals surface area (Å²) < 4.78 is 24.3. The van der Waals surface area contributed by atoms with Crippen molar-refractivity contribution in [3.05, 3.63) is 59.7 Å². The molecule has 0 unspecified atom stereocenters. The summed E-state index contributed by atoms with van der Waals surface area (Å²) >= 11 is 0. The van der Waals surface area contributed by atoms with E-state index in [1.165, 1.54) is 0 Å². The summed E-state index contributed by atoms with van der Waals surface area (Å²) in [5.74, 6) is -1.32. The second kappa shape index (κ2) is 8.78. The minimum atomic E-state index is -3.25. The molecule has 0 aliphatic carbocycles. The summed E-state index contributed by atoms with van der Waals surface area (Å²) in [6.45, 7) is 3.92. The first-order chi connectivity index (χ1) is 13.7. The molecule has 1 saturated heterocycles. The van der Waals surface area contributed by atoms with E-state index in [-0.39, 0.29) is 48.0 Å². The number of carbonyl (C=O) groups excluding carboxylic acids is 2. The Morgan fingerprint density at radius 3 is 1.45 bits per heavy atom. The quantitative estimate of drug-likeness (QED) is 0.758. The molecule has 2 N–H and O–H groups in total. The van der Waals surface area contributed by atoms with Gasteiger partial charge >= 0.3 is 0 Å². The SMILES string of the molecule is Cc1ccc(NC(=O)C[C@@H]2CS(=O)(=O)C[C@@H]2CC(=O)Nc2ccc(C)cc2)cc1. The molecule has 1 heterocycles. The van der Waals surface area contributed by atoms with E-state index in [4.69, 9.17) is 0 Å². The Morgan fingerprint density at radius 1 is 0.759 bits per heavy atom. The maximum Gasteiger partial charge on any atom is 0.224 e. The maximum atomic E-state index is 12.4. The first-order valence-corrected chi connectivity index (χ1v) is 11.5. The molecule has 3 rings (SSSR count). The van der Waals surface area contributed by atoms with Crippen molar-refractivity contribution < 1.29 is 18.0 Å². The fourth-order valence-electron chi connectivity index (χ4n) is 3.62. The van der Waals surface area contributed by atoms with Crippen LogP contribution in [0, 0.1) is 25.7 Å². The van der Waals surface area contributed by atoms with Gasteiger partial charge in [0.1, 0.15) is 0 Å². The van der Waals surface area contributed by atoms with Gasteiger partial charge in [-0.3, -0.25) is 9.59 Å². The third kappa shape index (κ3) is 6.15. The zero-order chi connectivity index (χ0) is 21.0. The molecule has 2 atom stereocenters. The van der Waals surface area contributed by atoms with Crippen molar-refractivity contribution >= 4 is 33.0 Å². The molecule has 2 amide bonds. The van der Waals surface area contributed by atoms with Crippen LogP contribution in [0.25, 0.3) is 0 Å². The van der Waals surface area contributed by atoms with Crippen molar-refractivity contribution in [3.8, 4) is 0 Å². The lowest BCUT2D eigenvalue weighted by molar-refractivity contribution is -0.119. The normalized spacial score (nSPS) is 20.2. The first-order valence-electron chi connectivity index (χ1n) is 9.64. The number of benzene rings is 2. The number of hydrogen-bond acceptors (Lipinski definition) is 4. The topological polar surface area (TPSA) is 92.3 Å². The van der Waals surface area contributed by atoms with Crippen LogP contribution in [-0.2, 0) is 19.4 Å². The Hall–Kier alpha value is -2.67. The van der Waals surface area contributed by atoms with Gasteiger partial charge in [-0.2, -0.15) is 0 Å². The van der Waals surface area contributed by atoms with Gasteiger partial charge in [0.2, 0.25) is 11.8 Å². The second-order valence-corrected chi connectivity index (χ2v) is 9.99. The summed E-state index contributed by atoms with van der Waals surface area (Å²) in [6.07, 6.45) is 0.158. The maximum absolute atomic E-state index is 12.4. The zero-order valence-electron chi connectivity index (χ0n) is 16.6. The summed E-state index contributed by atoms with van der Waals surface area (Å²) in [7, 11) is -3.25. The van der Waals surface area contributed by atoms with E-state index < -0.39 is 9.84 Å². The molecule has 0 bridgehead atoms. The highest BCUT2D eigenvalue weighted by atomic mass is 32.2. The molecule has 6 nitrogen and oxygen atoms in total. The van der Waals surface area contributed by atoms with Crippen LogP contribution < -0.4 is 10.6 Å². The van der Waals surface area contributed by atoms with Gasteiger partial charge in [-0.25, -0.2) is 8.42 Å². The first kappa shape index (κ1) is 21.0. The van der Waals surface area contributed by atoms with Crippen LogP contribution in [0.4, 0.5) is 11.4 Å². The van der Waals surface area contributed by atoms with E-state index >= 15 is 0 Å². The van der Waals surface area contributed by atoms with Crippen molar-refractivity contribution in [2.24, 2.45) is 11.8 Å². The van der Waals surface area contributed by atoms with E-state index in [9.17, 15) is 18.0 Å². The molecular weight excluding hydrogens is 388 g/mol. The number of aryl methyl sites for hydroxylation is 2. The number of hydrogen-bond donors (Lipinski definition) is 2. The summed E-state index contributed by atoms with van der Waals surface area (Å²) in [5, 5.41) is 5.62. The predicted molar refractivity (Wildman–Crippen MR) is 114 cm³/mol. The Labute approximate surface area is 171 Å². The molecule has 0 saturated carbocycles. The van der Waals surface area contributed by atoms with Crippen LogP contribution in [0.2, 0.25) is 0 Å². The second-order valence-electron chi connectivity index (χ2n) is 7.83. The molecule has 29 heavy (non-hydrogen) atoms. The van der Waals surface area contributed by atoms with Gasteiger partial charge in [0, 0.05) is 24.2 Å². The predicted octanol–water partition coefficient (Wildman–Crippen LogP) is 3.32. The van der Waals surface area contributed by atoms with Crippen molar-refractivity contribution in [2.75, 3.05) is 22.1 Å². The highest BCUT2D eigenvalue weighted by Gasteiger charge is 2.39. The molecule has 2 aromatic carbocycles. The lowest BCUT2D eigenvalue weighted by atomic mass is 9.89. The lowest BCUT2D eigenvalue weighted by Gasteiger charge is -2.17. The van der Waals surface area contributed by atoms with Crippen LogP contribution in [-0.4, -0.2) is 31.7 Å². The van der Waals surface area contributed by atoms with E-state index in [1.807, 2.05) is 62.4 Å². The number of carbonyl (C=O) groups is 2. The standard InChI is InChI=1S/C22H26N2O4S/c1-15-3-7-19(8-4-15)23-21(25)11-17-13-29(27,28)14-18(17)12-22(26)24-20-9-5-16(2)6-10-20/h3-10,17-18H,11-14H2,1-2H3,(H,23,25)(H,24,26)/t17-,18+. The number of rotatable bonds is 6. The summed E-state index contributed by atoms with van der Waals surface area (Å²) in [4.78, 5) is 24.8. The lowest BCUT2D eigenvalue weighted by Crippen LogP contribution is -2.25. The fourth-order valence-corrected chi connectivity index (χ4v) is 5.84. The molecule has 154 valence electrons. The minimum Gasteiger partial charge on any atom is -0.326 e. The average Bonchev–Trinajstić information content (AvgIpc) is 2.91. The summed E-state index contributed by atoms with van der Waals surface area (Å²) in [5.41, 5.74) is 3.53. The monoisotopic (exact) mass is 414 g/mol. The number of amides is 2. The van der Waals surface area contributed by atoms with Crippen molar-refractivity contribution in [2.45, 2.75) is 26.7 Å². The van der Waals surface area contributed by atoms with E-state index in [2.05, 4.69) is 10.6 Å². The van der Waals surface area contributed by atoms with Gasteiger partial charge in [0.15, 0.2) is 9.84 Å². The highest BCUT2D eigenvalue weighted by molar-refractivity contribution is 7.91. The van der Waals surface area contributed by atoms with Crippen molar-refractivity contribution in [3.63, 3.8) is 0 Å². The van der Waals surface area contributed by atoms with Gasteiger partial charge < -0.3 is 10.6 Å². The number of nitrogens with one attached hydrogen (secondary N) is 2. The van der Waals surface area contributed by atoms with Crippen LogP contribution in [0.5, 0.6) is 0 Å². The third-order valence-corrected chi connectivity index (χ3v) is 7.04. The molecule has 7 heteroatoms. The Bertz CT molecular complexity index is 907. The van der Waals surface area contributed by atoms with Crippen LogP contribution in [0.1, 0.15) is 24.0 Å². The van der Waals surface area contributed by atoms with Gasteiger partial charge in [-0.15, -0.1) is 0 Å². The van der Waals surface area contributed by atoms with Gasteiger partial charge in [0.25, 0.3) is 0 Å². The third-order valence-electron chi connectivity index (χ3n) is 5.17. The molecule has 1 fully saturated rings. The number of anilines is 2. The smallest absolute Gasteiger partial charge is 0.224 e. The molecule has 0 aromatic heterocycles. The fraction of sp³-hybridized carbons (Fsp3) is 0.364.